The fourth-order valence-corrected chi connectivity index (χ4v) is 7.38. The number of nitrogens with one attached hydrogen (secondary N) is 1. The number of esters is 1. The van der Waals surface area contributed by atoms with Crippen LogP contribution < -0.4 is 5.32 Å². The van der Waals surface area contributed by atoms with Gasteiger partial charge in [0.2, 0.25) is 5.91 Å². The Morgan fingerprint density at radius 1 is 0.482 bits per heavy atom. The topological polar surface area (TPSA) is 95.9 Å². The molecule has 6 heteroatoms. The third-order valence-corrected chi connectivity index (χ3v) is 11.2. The van der Waals surface area contributed by atoms with E-state index < -0.39 is 12.1 Å². The summed E-state index contributed by atoms with van der Waals surface area (Å²) in [5, 5.41) is 23.2. The van der Waals surface area contributed by atoms with Gasteiger partial charge in [-0.2, -0.15) is 0 Å². The minimum absolute atomic E-state index is 0.0340. The minimum Gasteiger partial charge on any atom is -0.466 e. The number of hydrogen-bond acceptors (Lipinski definition) is 5. The maximum absolute atomic E-state index is 12.4. The third-order valence-electron chi connectivity index (χ3n) is 11.2. The van der Waals surface area contributed by atoms with Crippen molar-refractivity contribution >= 4 is 11.9 Å². The fourth-order valence-electron chi connectivity index (χ4n) is 7.38. The first-order valence-corrected chi connectivity index (χ1v) is 24.6. The molecule has 0 saturated heterocycles. The van der Waals surface area contributed by atoms with Gasteiger partial charge in [-0.1, -0.05) is 192 Å². The lowest BCUT2D eigenvalue weighted by Gasteiger charge is -2.22. The smallest absolute Gasteiger partial charge is 0.305 e. The van der Waals surface area contributed by atoms with E-state index in [4.69, 9.17) is 4.74 Å². The van der Waals surface area contributed by atoms with E-state index in [1.165, 1.54) is 148 Å². The molecule has 0 aliphatic heterocycles. The van der Waals surface area contributed by atoms with Crippen LogP contribution in [0.3, 0.4) is 0 Å². The largest absolute Gasteiger partial charge is 0.466 e. The average molecular weight is 790 g/mol. The molecule has 0 saturated carbocycles. The van der Waals surface area contributed by atoms with Crippen molar-refractivity contribution in [2.75, 3.05) is 13.2 Å². The Bertz CT molecular complexity index is 874. The second-order valence-electron chi connectivity index (χ2n) is 16.8. The Kier molecular flexibility index (Phi) is 44.7. The van der Waals surface area contributed by atoms with Crippen molar-refractivity contribution in [2.45, 2.75) is 270 Å². The zero-order valence-corrected chi connectivity index (χ0v) is 37.4. The second kappa shape index (κ2) is 46.0. The van der Waals surface area contributed by atoms with E-state index >= 15 is 0 Å². The second-order valence-corrected chi connectivity index (χ2v) is 16.8. The summed E-state index contributed by atoms with van der Waals surface area (Å²) in [5.41, 5.74) is 0. The van der Waals surface area contributed by atoms with Crippen LogP contribution >= 0.6 is 0 Å². The highest BCUT2D eigenvalue weighted by molar-refractivity contribution is 5.76. The molecule has 0 fully saturated rings. The van der Waals surface area contributed by atoms with Crippen LogP contribution in [0.5, 0.6) is 0 Å². The first kappa shape index (κ1) is 54.3. The molecule has 1 amide bonds. The van der Waals surface area contributed by atoms with Crippen molar-refractivity contribution in [1.82, 2.24) is 5.32 Å². The van der Waals surface area contributed by atoms with E-state index in [1.54, 1.807) is 0 Å². The summed E-state index contributed by atoms with van der Waals surface area (Å²) in [5.74, 6) is -0.0951. The summed E-state index contributed by atoms with van der Waals surface area (Å²) in [6.07, 6.45) is 52.8. The van der Waals surface area contributed by atoms with Crippen molar-refractivity contribution in [3.8, 4) is 0 Å². The van der Waals surface area contributed by atoms with Crippen LogP contribution in [0.4, 0.5) is 0 Å². The molecular formula is C50H95NO5. The lowest BCUT2D eigenvalue weighted by Crippen LogP contribution is -2.45. The number of ether oxygens (including phenoxy) is 1. The third kappa shape index (κ3) is 42.0. The van der Waals surface area contributed by atoms with Crippen molar-refractivity contribution < 1.29 is 24.5 Å². The van der Waals surface area contributed by atoms with Crippen LogP contribution in [0.15, 0.2) is 24.3 Å². The van der Waals surface area contributed by atoms with Gasteiger partial charge in [-0.25, -0.2) is 0 Å². The molecule has 0 rings (SSSR count). The van der Waals surface area contributed by atoms with Gasteiger partial charge >= 0.3 is 5.97 Å². The maximum atomic E-state index is 12.4. The zero-order valence-electron chi connectivity index (χ0n) is 37.4. The Morgan fingerprint density at radius 2 is 0.857 bits per heavy atom. The zero-order chi connectivity index (χ0) is 40.8. The highest BCUT2D eigenvalue weighted by atomic mass is 16.5. The number of allylic oxidation sites excluding steroid dienone is 4. The summed E-state index contributed by atoms with van der Waals surface area (Å²) in [6, 6.07) is -0.560. The molecule has 0 heterocycles. The molecule has 330 valence electrons. The summed E-state index contributed by atoms with van der Waals surface area (Å²) < 4.78 is 5.41. The van der Waals surface area contributed by atoms with Crippen LogP contribution in [0, 0.1) is 0 Å². The van der Waals surface area contributed by atoms with Gasteiger partial charge in [0, 0.05) is 12.8 Å². The average Bonchev–Trinajstić information content (AvgIpc) is 3.20. The van der Waals surface area contributed by atoms with Gasteiger partial charge in [-0.15, -0.1) is 0 Å². The molecule has 0 bridgehead atoms. The van der Waals surface area contributed by atoms with Crippen LogP contribution in [0.1, 0.15) is 258 Å². The molecule has 0 radical (unpaired) electrons. The first-order chi connectivity index (χ1) is 27.5. The summed E-state index contributed by atoms with van der Waals surface area (Å²) in [6.45, 7) is 4.85. The standard InChI is InChI=1S/C50H95NO5/c1-3-5-7-9-11-13-15-16-17-18-19-23-26-30-34-38-42-48(53)47(46-52)51-49(54)43-39-35-31-27-24-20-21-25-29-33-37-41-45-56-50(55)44-40-36-32-28-22-14-12-10-8-6-4-2/h10,12,21,25,47-48,52-53H,3-9,11,13-20,22-24,26-46H2,1-2H3,(H,51,54)/b12-10-,25-21-. The van der Waals surface area contributed by atoms with Crippen LogP contribution in [0.2, 0.25) is 0 Å². The number of aliphatic hydroxyl groups excluding tert-OH is 2. The number of rotatable bonds is 45. The van der Waals surface area contributed by atoms with Crippen LogP contribution in [-0.4, -0.2) is 47.4 Å². The van der Waals surface area contributed by atoms with Crippen molar-refractivity contribution in [2.24, 2.45) is 0 Å². The van der Waals surface area contributed by atoms with E-state index in [2.05, 4.69) is 43.5 Å². The van der Waals surface area contributed by atoms with Gasteiger partial charge in [0.15, 0.2) is 0 Å². The summed E-state index contributed by atoms with van der Waals surface area (Å²) >= 11 is 0. The van der Waals surface area contributed by atoms with E-state index in [0.29, 0.717) is 25.9 Å². The van der Waals surface area contributed by atoms with Crippen molar-refractivity contribution in [3.63, 3.8) is 0 Å². The number of amides is 1. The van der Waals surface area contributed by atoms with E-state index in [9.17, 15) is 19.8 Å². The number of unbranched alkanes of at least 4 members (excludes halogenated alkanes) is 30. The molecule has 2 unspecified atom stereocenters. The SMILES string of the molecule is CCCC/C=C\CCCCCCCC(=O)OCCCCC/C=C\CCCCCCCC(=O)NC(CO)C(O)CCCCCCCCCCCCCCCCCC. The summed E-state index contributed by atoms with van der Waals surface area (Å²) in [4.78, 5) is 24.4. The molecule has 0 aromatic carbocycles. The van der Waals surface area contributed by atoms with E-state index in [0.717, 1.165) is 77.0 Å². The quantitative estimate of drug-likeness (QED) is 0.0324. The fraction of sp³-hybridized carbons (Fsp3) is 0.880. The number of carbonyl (C=O) groups excluding carboxylic acids is 2. The lowest BCUT2D eigenvalue weighted by atomic mass is 10.0. The molecular weight excluding hydrogens is 695 g/mol. The van der Waals surface area contributed by atoms with Crippen molar-refractivity contribution in [3.05, 3.63) is 24.3 Å². The molecule has 2 atom stereocenters. The molecule has 3 N–H and O–H groups in total. The number of hydrogen-bond donors (Lipinski definition) is 3. The summed E-state index contributed by atoms with van der Waals surface area (Å²) in [7, 11) is 0. The van der Waals surface area contributed by atoms with Gasteiger partial charge in [0.1, 0.15) is 0 Å². The van der Waals surface area contributed by atoms with Gasteiger partial charge in [0.05, 0.1) is 25.4 Å². The number of carbonyl (C=O) groups is 2. The number of aliphatic hydroxyl groups is 2. The van der Waals surface area contributed by atoms with E-state index in [1.807, 2.05) is 0 Å². The highest BCUT2D eigenvalue weighted by Crippen LogP contribution is 2.16. The molecule has 56 heavy (non-hydrogen) atoms. The van der Waals surface area contributed by atoms with Gasteiger partial charge in [-0.05, 0) is 77.0 Å². The first-order valence-electron chi connectivity index (χ1n) is 24.6. The predicted molar refractivity (Wildman–Crippen MR) is 241 cm³/mol. The molecule has 0 aromatic heterocycles. The molecule has 0 spiro atoms. The Labute approximate surface area is 348 Å². The molecule has 0 aliphatic carbocycles. The predicted octanol–water partition coefficient (Wildman–Crippen LogP) is 14.3. The van der Waals surface area contributed by atoms with Gasteiger partial charge in [0.25, 0.3) is 0 Å². The van der Waals surface area contributed by atoms with Crippen LogP contribution in [0.25, 0.3) is 0 Å². The Morgan fingerprint density at radius 3 is 1.32 bits per heavy atom. The Balaban J connectivity index is 3.53. The van der Waals surface area contributed by atoms with Crippen molar-refractivity contribution in [1.29, 1.82) is 0 Å². The lowest BCUT2D eigenvalue weighted by molar-refractivity contribution is -0.143. The van der Waals surface area contributed by atoms with Crippen LogP contribution in [-0.2, 0) is 14.3 Å². The Hall–Kier alpha value is -1.66. The molecule has 0 aliphatic rings. The van der Waals surface area contributed by atoms with E-state index in [-0.39, 0.29) is 18.5 Å². The molecule has 0 aromatic rings. The molecule has 6 nitrogen and oxygen atoms in total. The monoisotopic (exact) mass is 790 g/mol. The normalized spacial score (nSPS) is 12.9. The maximum Gasteiger partial charge on any atom is 0.305 e. The highest BCUT2D eigenvalue weighted by Gasteiger charge is 2.20. The van der Waals surface area contributed by atoms with Gasteiger partial charge < -0.3 is 20.3 Å². The minimum atomic E-state index is -0.680. The van der Waals surface area contributed by atoms with Gasteiger partial charge in [-0.3, -0.25) is 9.59 Å².